The zero-order valence-corrected chi connectivity index (χ0v) is 11.4. The van der Waals surface area contributed by atoms with Gasteiger partial charge in [0, 0.05) is 16.2 Å². The summed E-state index contributed by atoms with van der Waals surface area (Å²) in [7, 11) is 0. The van der Waals surface area contributed by atoms with E-state index >= 15 is 0 Å². The molecule has 0 aliphatic rings. The van der Waals surface area contributed by atoms with Crippen LogP contribution in [0.15, 0.2) is 24.3 Å². The number of aliphatic hydroxyl groups is 1. The number of carbonyl (C=O) groups is 1. The molecule has 88 valence electrons. The average molecular weight is 333 g/mol. The maximum Gasteiger partial charge on any atom is 0.224 e. The summed E-state index contributed by atoms with van der Waals surface area (Å²) in [5.74, 6) is 0.00273. The molecule has 4 heteroatoms. The molecular weight excluding hydrogens is 317 g/mol. The normalized spacial score (nSPS) is 12.2. The number of halogens is 1. The number of nitrogens with one attached hydrogen (secondary N) is 1. The third-order valence-electron chi connectivity index (χ3n) is 2.22. The van der Waals surface area contributed by atoms with E-state index in [1.165, 1.54) is 0 Å². The van der Waals surface area contributed by atoms with Crippen molar-refractivity contribution in [2.45, 2.75) is 25.8 Å². The van der Waals surface area contributed by atoms with Crippen LogP contribution in [0.3, 0.4) is 0 Å². The Bertz CT molecular complexity index is 355. The van der Waals surface area contributed by atoms with Crippen LogP contribution in [0.25, 0.3) is 0 Å². The molecule has 0 aromatic heterocycles. The summed E-state index contributed by atoms with van der Waals surface area (Å²) in [5.41, 5.74) is 1.01. The summed E-state index contributed by atoms with van der Waals surface area (Å²) in [6, 6.07) is 7.91. The summed E-state index contributed by atoms with van der Waals surface area (Å²) in [4.78, 5) is 11.6. The second-order valence-electron chi connectivity index (χ2n) is 3.79. The Balaban J connectivity index is 2.45. The van der Waals surface area contributed by atoms with Gasteiger partial charge in [-0.15, -0.1) is 0 Å². The van der Waals surface area contributed by atoms with E-state index < -0.39 is 0 Å². The lowest BCUT2D eigenvalue weighted by atomic mass is 10.1. The van der Waals surface area contributed by atoms with Gasteiger partial charge in [-0.05, 0) is 53.6 Å². The van der Waals surface area contributed by atoms with Crippen LogP contribution in [0, 0.1) is 3.57 Å². The Kier molecular flexibility index (Phi) is 5.76. The lowest BCUT2D eigenvalue weighted by molar-refractivity contribution is -0.121. The van der Waals surface area contributed by atoms with Gasteiger partial charge in [0.15, 0.2) is 0 Å². The Morgan fingerprint density at radius 2 is 2.31 bits per heavy atom. The van der Waals surface area contributed by atoms with E-state index in [-0.39, 0.29) is 18.6 Å². The minimum absolute atomic E-state index is 0.00273. The summed E-state index contributed by atoms with van der Waals surface area (Å²) >= 11 is 2.23. The SMILES string of the molecule is CC(CCO)NC(=O)Cc1cccc(I)c1. The highest BCUT2D eigenvalue weighted by Crippen LogP contribution is 2.08. The van der Waals surface area contributed by atoms with E-state index in [1.54, 1.807) is 0 Å². The second-order valence-corrected chi connectivity index (χ2v) is 5.03. The smallest absolute Gasteiger partial charge is 0.224 e. The van der Waals surface area contributed by atoms with Crippen LogP contribution in [0.2, 0.25) is 0 Å². The third kappa shape index (κ3) is 4.94. The molecule has 16 heavy (non-hydrogen) atoms. The zero-order chi connectivity index (χ0) is 12.0. The van der Waals surface area contributed by atoms with E-state index in [1.807, 2.05) is 31.2 Å². The Hall–Kier alpha value is -0.620. The molecule has 1 atom stereocenters. The van der Waals surface area contributed by atoms with Gasteiger partial charge in [-0.25, -0.2) is 0 Å². The standard InChI is InChI=1S/C12H16INO2/c1-9(5-6-15)14-12(16)8-10-3-2-4-11(13)7-10/h2-4,7,9,15H,5-6,8H2,1H3,(H,14,16). The van der Waals surface area contributed by atoms with Gasteiger partial charge in [0.1, 0.15) is 0 Å². The van der Waals surface area contributed by atoms with Crippen molar-refractivity contribution >= 4 is 28.5 Å². The van der Waals surface area contributed by atoms with Gasteiger partial charge in [0.05, 0.1) is 6.42 Å². The molecule has 1 aromatic rings. The fourth-order valence-electron chi connectivity index (χ4n) is 1.42. The molecule has 1 amide bonds. The maximum atomic E-state index is 11.6. The van der Waals surface area contributed by atoms with Crippen LogP contribution in [-0.2, 0) is 11.2 Å². The van der Waals surface area contributed by atoms with Crippen LogP contribution < -0.4 is 5.32 Å². The van der Waals surface area contributed by atoms with E-state index in [2.05, 4.69) is 27.9 Å². The molecule has 0 aliphatic carbocycles. The van der Waals surface area contributed by atoms with Crippen LogP contribution in [0.4, 0.5) is 0 Å². The van der Waals surface area contributed by atoms with Gasteiger partial charge in [-0.3, -0.25) is 4.79 Å². The molecule has 2 N–H and O–H groups in total. The number of hydrogen-bond donors (Lipinski definition) is 2. The van der Waals surface area contributed by atoms with Crippen molar-refractivity contribution in [1.29, 1.82) is 0 Å². The van der Waals surface area contributed by atoms with E-state index in [4.69, 9.17) is 5.11 Å². The first-order valence-electron chi connectivity index (χ1n) is 5.26. The van der Waals surface area contributed by atoms with E-state index in [0.717, 1.165) is 9.13 Å². The van der Waals surface area contributed by atoms with Crippen molar-refractivity contribution in [3.05, 3.63) is 33.4 Å². The maximum absolute atomic E-state index is 11.6. The molecule has 0 spiro atoms. The Labute approximate surface area is 109 Å². The molecule has 1 rings (SSSR count). The van der Waals surface area contributed by atoms with Crippen LogP contribution in [0.5, 0.6) is 0 Å². The average Bonchev–Trinajstić information content (AvgIpc) is 2.17. The molecule has 3 nitrogen and oxygen atoms in total. The van der Waals surface area contributed by atoms with Crippen LogP contribution in [-0.4, -0.2) is 23.7 Å². The first kappa shape index (κ1) is 13.4. The molecule has 1 aromatic carbocycles. The molecule has 1 unspecified atom stereocenters. The zero-order valence-electron chi connectivity index (χ0n) is 9.24. The summed E-state index contributed by atoms with van der Waals surface area (Å²) in [6.45, 7) is 1.99. The molecule has 0 fully saturated rings. The molecule has 0 heterocycles. The minimum atomic E-state index is 0.00273. The fourth-order valence-corrected chi connectivity index (χ4v) is 2.03. The van der Waals surface area contributed by atoms with Crippen LogP contribution >= 0.6 is 22.6 Å². The van der Waals surface area contributed by atoms with Crippen molar-refractivity contribution in [3.63, 3.8) is 0 Å². The molecular formula is C12H16INO2. The number of amides is 1. The number of aliphatic hydroxyl groups excluding tert-OH is 1. The first-order valence-corrected chi connectivity index (χ1v) is 6.34. The number of hydrogen-bond acceptors (Lipinski definition) is 2. The van der Waals surface area contributed by atoms with Crippen molar-refractivity contribution in [2.75, 3.05) is 6.61 Å². The second kappa shape index (κ2) is 6.85. The lowest BCUT2D eigenvalue weighted by Crippen LogP contribution is -2.34. The first-order chi connectivity index (χ1) is 7.61. The number of carbonyl (C=O) groups excluding carboxylic acids is 1. The lowest BCUT2D eigenvalue weighted by Gasteiger charge is -2.12. The van der Waals surface area contributed by atoms with Gasteiger partial charge in [-0.2, -0.15) is 0 Å². The van der Waals surface area contributed by atoms with Crippen molar-refractivity contribution < 1.29 is 9.90 Å². The number of benzene rings is 1. The van der Waals surface area contributed by atoms with Gasteiger partial charge in [0.2, 0.25) is 5.91 Å². The quantitative estimate of drug-likeness (QED) is 0.806. The number of rotatable bonds is 5. The van der Waals surface area contributed by atoms with Gasteiger partial charge in [0.25, 0.3) is 0 Å². The summed E-state index contributed by atoms with van der Waals surface area (Å²) < 4.78 is 1.13. The highest BCUT2D eigenvalue weighted by Gasteiger charge is 2.07. The highest BCUT2D eigenvalue weighted by molar-refractivity contribution is 14.1. The van der Waals surface area contributed by atoms with Crippen molar-refractivity contribution in [2.24, 2.45) is 0 Å². The largest absolute Gasteiger partial charge is 0.396 e. The van der Waals surface area contributed by atoms with Gasteiger partial charge >= 0.3 is 0 Å². The molecule has 0 saturated heterocycles. The Morgan fingerprint density at radius 1 is 1.56 bits per heavy atom. The van der Waals surface area contributed by atoms with Gasteiger partial charge in [-0.1, -0.05) is 12.1 Å². The predicted molar refractivity (Wildman–Crippen MR) is 72.2 cm³/mol. The molecule has 0 radical (unpaired) electrons. The third-order valence-corrected chi connectivity index (χ3v) is 2.89. The topological polar surface area (TPSA) is 49.3 Å². The Morgan fingerprint density at radius 3 is 2.94 bits per heavy atom. The molecule has 0 aliphatic heterocycles. The fraction of sp³-hybridized carbons (Fsp3) is 0.417. The van der Waals surface area contributed by atoms with Crippen LogP contribution in [0.1, 0.15) is 18.9 Å². The van der Waals surface area contributed by atoms with Crippen molar-refractivity contribution in [1.82, 2.24) is 5.32 Å². The van der Waals surface area contributed by atoms with Crippen molar-refractivity contribution in [3.8, 4) is 0 Å². The molecule has 0 saturated carbocycles. The van der Waals surface area contributed by atoms with Gasteiger partial charge < -0.3 is 10.4 Å². The predicted octanol–water partition coefficient (Wildman–Crippen LogP) is 1.72. The highest BCUT2D eigenvalue weighted by atomic mass is 127. The minimum Gasteiger partial charge on any atom is -0.396 e. The van der Waals surface area contributed by atoms with E-state index in [0.29, 0.717) is 12.8 Å². The summed E-state index contributed by atoms with van der Waals surface area (Å²) in [6.07, 6.45) is 0.991. The van der Waals surface area contributed by atoms with E-state index in [9.17, 15) is 4.79 Å². The summed E-state index contributed by atoms with van der Waals surface area (Å²) in [5, 5.41) is 11.6. The molecule has 0 bridgehead atoms. The monoisotopic (exact) mass is 333 g/mol.